The minimum atomic E-state index is 0.434. The quantitative estimate of drug-likeness (QED) is 0.755. The van der Waals surface area contributed by atoms with E-state index in [1.807, 2.05) is 0 Å². The van der Waals surface area contributed by atoms with Gasteiger partial charge in [-0.2, -0.15) is 0 Å². The van der Waals surface area contributed by atoms with Gasteiger partial charge >= 0.3 is 0 Å². The maximum absolute atomic E-state index is 6.29. The number of rotatable bonds is 7. The first-order valence-electron chi connectivity index (χ1n) is 7.65. The zero-order valence-electron chi connectivity index (χ0n) is 12.9. The summed E-state index contributed by atoms with van der Waals surface area (Å²) in [5, 5.41) is 0. The normalized spacial score (nSPS) is 29.2. The highest BCUT2D eigenvalue weighted by Crippen LogP contribution is 2.28. The van der Waals surface area contributed by atoms with Crippen molar-refractivity contribution in [1.82, 2.24) is 9.80 Å². The number of nitrogens with zero attached hydrogens (tertiary/aromatic N) is 2. The first-order chi connectivity index (χ1) is 8.52. The van der Waals surface area contributed by atoms with Gasteiger partial charge in [0.15, 0.2) is 0 Å². The van der Waals surface area contributed by atoms with Gasteiger partial charge in [-0.25, -0.2) is 0 Å². The molecule has 2 N–H and O–H groups in total. The Balaban J connectivity index is 2.32. The topological polar surface area (TPSA) is 32.5 Å². The fraction of sp³-hybridized carbons (Fsp3) is 1.00. The van der Waals surface area contributed by atoms with Gasteiger partial charge in [0.05, 0.1) is 0 Å². The molecule has 3 nitrogen and oxygen atoms in total. The molecule has 0 aromatic carbocycles. The van der Waals surface area contributed by atoms with Crippen molar-refractivity contribution in [3.8, 4) is 0 Å². The van der Waals surface area contributed by atoms with Crippen LogP contribution in [0.4, 0.5) is 0 Å². The Morgan fingerprint density at radius 3 is 2.50 bits per heavy atom. The monoisotopic (exact) mass is 255 g/mol. The van der Waals surface area contributed by atoms with Gasteiger partial charge in [-0.05, 0) is 71.2 Å². The third kappa shape index (κ3) is 5.68. The number of hydrogen-bond donors (Lipinski definition) is 1. The van der Waals surface area contributed by atoms with E-state index in [9.17, 15) is 0 Å². The second kappa shape index (κ2) is 8.13. The molecule has 0 aromatic heterocycles. The summed E-state index contributed by atoms with van der Waals surface area (Å²) in [7, 11) is 4.30. The summed E-state index contributed by atoms with van der Waals surface area (Å²) >= 11 is 0. The molecule has 0 saturated heterocycles. The van der Waals surface area contributed by atoms with Crippen molar-refractivity contribution in [2.45, 2.75) is 45.6 Å². The van der Waals surface area contributed by atoms with Crippen LogP contribution in [0.3, 0.4) is 0 Å². The predicted octanol–water partition coefficient (Wildman–Crippen LogP) is 2.02. The van der Waals surface area contributed by atoms with Gasteiger partial charge < -0.3 is 15.5 Å². The van der Waals surface area contributed by atoms with Crippen molar-refractivity contribution < 1.29 is 0 Å². The molecule has 0 bridgehead atoms. The number of nitrogens with two attached hydrogens (primary N) is 1. The lowest BCUT2D eigenvalue weighted by molar-refractivity contribution is 0.162. The lowest BCUT2D eigenvalue weighted by Gasteiger charge is -2.36. The summed E-state index contributed by atoms with van der Waals surface area (Å²) in [6.45, 7) is 9.41. The minimum Gasteiger partial charge on any atom is -0.327 e. The second-order valence-corrected chi connectivity index (χ2v) is 6.39. The van der Waals surface area contributed by atoms with Crippen molar-refractivity contribution in [2.75, 3.05) is 40.3 Å². The summed E-state index contributed by atoms with van der Waals surface area (Å²) < 4.78 is 0. The van der Waals surface area contributed by atoms with Crippen LogP contribution >= 0.6 is 0 Å². The van der Waals surface area contributed by atoms with E-state index in [0.29, 0.717) is 12.0 Å². The van der Waals surface area contributed by atoms with E-state index in [4.69, 9.17) is 5.73 Å². The molecule has 18 heavy (non-hydrogen) atoms. The van der Waals surface area contributed by atoms with Gasteiger partial charge in [-0.3, -0.25) is 0 Å². The summed E-state index contributed by atoms with van der Waals surface area (Å²) in [5.74, 6) is 1.59. The lowest BCUT2D eigenvalue weighted by Crippen LogP contribution is -2.43. The van der Waals surface area contributed by atoms with Crippen LogP contribution in [0.1, 0.15) is 39.5 Å². The van der Waals surface area contributed by atoms with Crippen molar-refractivity contribution in [3.63, 3.8) is 0 Å². The largest absolute Gasteiger partial charge is 0.327 e. The highest BCUT2D eigenvalue weighted by Gasteiger charge is 2.27. The fourth-order valence-corrected chi connectivity index (χ4v) is 3.05. The van der Waals surface area contributed by atoms with Gasteiger partial charge in [-0.1, -0.05) is 13.8 Å². The maximum atomic E-state index is 6.29. The summed E-state index contributed by atoms with van der Waals surface area (Å²) in [6.07, 6.45) is 5.13. The van der Waals surface area contributed by atoms with E-state index < -0.39 is 0 Å². The Kier molecular flexibility index (Phi) is 7.20. The van der Waals surface area contributed by atoms with Crippen molar-refractivity contribution >= 4 is 0 Å². The Morgan fingerprint density at radius 1 is 1.17 bits per heavy atom. The van der Waals surface area contributed by atoms with Crippen LogP contribution in [0.2, 0.25) is 0 Å². The third-order valence-electron chi connectivity index (χ3n) is 4.32. The molecule has 3 heteroatoms. The Morgan fingerprint density at radius 2 is 1.89 bits per heavy atom. The van der Waals surface area contributed by atoms with E-state index in [1.165, 1.54) is 45.3 Å². The Hall–Kier alpha value is -0.120. The Labute approximate surface area is 114 Å². The van der Waals surface area contributed by atoms with Crippen molar-refractivity contribution in [1.29, 1.82) is 0 Å². The van der Waals surface area contributed by atoms with E-state index >= 15 is 0 Å². The second-order valence-electron chi connectivity index (χ2n) is 6.39. The van der Waals surface area contributed by atoms with Crippen LogP contribution in [-0.4, -0.2) is 56.1 Å². The molecule has 0 amide bonds. The van der Waals surface area contributed by atoms with Crippen LogP contribution in [0.5, 0.6) is 0 Å². The highest BCUT2D eigenvalue weighted by atomic mass is 15.1. The van der Waals surface area contributed by atoms with E-state index in [2.05, 4.69) is 37.7 Å². The van der Waals surface area contributed by atoms with Crippen LogP contribution < -0.4 is 5.73 Å². The fourth-order valence-electron chi connectivity index (χ4n) is 3.05. The van der Waals surface area contributed by atoms with Crippen LogP contribution in [-0.2, 0) is 0 Å². The SMILES string of the molecule is CCN(CCCN(C)C)CC1CC(C)CCC1N. The van der Waals surface area contributed by atoms with Crippen molar-refractivity contribution in [2.24, 2.45) is 17.6 Å². The van der Waals surface area contributed by atoms with Gasteiger partial charge in [0.1, 0.15) is 0 Å². The molecule has 1 aliphatic carbocycles. The Bertz CT molecular complexity index is 218. The molecule has 0 heterocycles. The smallest absolute Gasteiger partial charge is 0.00795 e. The average molecular weight is 255 g/mol. The molecule has 0 radical (unpaired) electrons. The molecular weight excluding hydrogens is 222 g/mol. The molecule has 0 spiro atoms. The lowest BCUT2D eigenvalue weighted by atomic mass is 9.79. The van der Waals surface area contributed by atoms with Crippen LogP contribution in [0.25, 0.3) is 0 Å². The highest BCUT2D eigenvalue weighted by molar-refractivity contribution is 4.83. The van der Waals surface area contributed by atoms with E-state index in [1.54, 1.807) is 0 Å². The van der Waals surface area contributed by atoms with E-state index in [0.717, 1.165) is 12.5 Å². The summed E-state index contributed by atoms with van der Waals surface area (Å²) in [6, 6.07) is 0.434. The van der Waals surface area contributed by atoms with Crippen LogP contribution in [0.15, 0.2) is 0 Å². The first kappa shape index (κ1) is 15.9. The molecule has 108 valence electrons. The van der Waals surface area contributed by atoms with Gasteiger partial charge in [0.25, 0.3) is 0 Å². The zero-order valence-corrected chi connectivity index (χ0v) is 12.9. The average Bonchev–Trinajstić information content (AvgIpc) is 2.32. The molecule has 1 saturated carbocycles. The molecular formula is C15H33N3. The standard InChI is InChI=1S/C15H33N3/c1-5-18(10-6-9-17(3)4)12-14-11-13(2)7-8-15(14)16/h13-15H,5-12,16H2,1-4H3. The van der Waals surface area contributed by atoms with Gasteiger partial charge in [0, 0.05) is 12.6 Å². The first-order valence-corrected chi connectivity index (χ1v) is 7.65. The summed E-state index contributed by atoms with van der Waals surface area (Å²) in [4.78, 5) is 4.86. The molecule has 0 aliphatic heterocycles. The zero-order chi connectivity index (χ0) is 13.5. The molecule has 1 fully saturated rings. The molecule has 3 unspecified atom stereocenters. The van der Waals surface area contributed by atoms with Gasteiger partial charge in [0.2, 0.25) is 0 Å². The maximum Gasteiger partial charge on any atom is 0.00795 e. The third-order valence-corrected chi connectivity index (χ3v) is 4.32. The molecule has 1 aliphatic rings. The molecule has 3 atom stereocenters. The molecule has 0 aromatic rings. The number of hydrogen-bond acceptors (Lipinski definition) is 3. The minimum absolute atomic E-state index is 0.434. The summed E-state index contributed by atoms with van der Waals surface area (Å²) in [5.41, 5.74) is 6.29. The van der Waals surface area contributed by atoms with Gasteiger partial charge in [-0.15, -0.1) is 0 Å². The predicted molar refractivity (Wildman–Crippen MR) is 79.8 cm³/mol. The van der Waals surface area contributed by atoms with Crippen LogP contribution in [0, 0.1) is 11.8 Å². The van der Waals surface area contributed by atoms with Crippen molar-refractivity contribution in [3.05, 3.63) is 0 Å². The molecule has 1 rings (SSSR count). The van der Waals surface area contributed by atoms with E-state index in [-0.39, 0.29) is 0 Å².